The Morgan fingerprint density at radius 1 is 1.27 bits per heavy atom. The van der Waals surface area contributed by atoms with Crippen molar-refractivity contribution >= 4 is 5.91 Å². The van der Waals surface area contributed by atoms with Crippen LogP contribution in [0.1, 0.15) is 49.9 Å². The summed E-state index contributed by atoms with van der Waals surface area (Å²) in [6.07, 6.45) is 1.87. The van der Waals surface area contributed by atoms with Crippen LogP contribution >= 0.6 is 0 Å². The Bertz CT molecular complexity index is 621. The van der Waals surface area contributed by atoms with Crippen molar-refractivity contribution in [2.24, 2.45) is 13.0 Å². The van der Waals surface area contributed by atoms with Gasteiger partial charge in [-0.2, -0.15) is 0 Å². The Morgan fingerprint density at radius 2 is 1.95 bits per heavy atom. The lowest BCUT2D eigenvalue weighted by Gasteiger charge is -2.21. The van der Waals surface area contributed by atoms with Gasteiger partial charge in [0.1, 0.15) is 11.9 Å². The highest BCUT2D eigenvalue weighted by molar-refractivity contribution is 5.79. The van der Waals surface area contributed by atoms with Crippen LogP contribution in [-0.2, 0) is 11.8 Å². The Morgan fingerprint density at radius 3 is 2.50 bits per heavy atom. The van der Waals surface area contributed by atoms with Gasteiger partial charge in [-0.25, -0.2) is 0 Å². The van der Waals surface area contributed by atoms with Crippen molar-refractivity contribution in [3.05, 3.63) is 47.5 Å². The summed E-state index contributed by atoms with van der Waals surface area (Å²) in [5, 5.41) is 11.5. The van der Waals surface area contributed by atoms with Crippen LogP contribution in [-0.4, -0.2) is 20.7 Å². The SMILES string of the molecule is CCC[C@@H](C)C(=O)N[C@@H](c1ccccc1)c1nnc(C)n1C. The quantitative estimate of drug-likeness (QED) is 0.892. The molecule has 5 heteroatoms. The molecule has 0 fully saturated rings. The molecule has 1 amide bonds. The average molecular weight is 300 g/mol. The zero-order chi connectivity index (χ0) is 16.1. The third-order valence-corrected chi connectivity index (χ3v) is 3.97. The Labute approximate surface area is 131 Å². The summed E-state index contributed by atoms with van der Waals surface area (Å²) in [7, 11) is 1.92. The van der Waals surface area contributed by atoms with Crippen LogP contribution in [0.3, 0.4) is 0 Å². The van der Waals surface area contributed by atoms with Gasteiger partial charge in [-0.3, -0.25) is 4.79 Å². The Balaban J connectivity index is 2.31. The summed E-state index contributed by atoms with van der Waals surface area (Å²) in [5.41, 5.74) is 1.01. The number of hydrogen-bond donors (Lipinski definition) is 1. The van der Waals surface area contributed by atoms with Crippen molar-refractivity contribution in [1.29, 1.82) is 0 Å². The molecule has 5 nitrogen and oxygen atoms in total. The molecule has 1 aromatic carbocycles. The highest BCUT2D eigenvalue weighted by atomic mass is 16.1. The molecule has 0 unspecified atom stereocenters. The van der Waals surface area contributed by atoms with Gasteiger partial charge in [-0.1, -0.05) is 50.6 Å². The van der Waals surface area contributed by atoms with Gasteiger partial charge in [0, 0.05) is 13.0 Å². The van der Waals surface area contributed by atoms with E-state index in [0.29, 0.717) is 0 Å². The number of carbonyl (C=O) groups excluding carboxylic acids is 1. The Hall–Kier alpha value is -2.17. The van der Waals surface area contributed by atoms with Crippen molar-refractivity contribution < 1.29 is 4.79 Å². The van der Waals surface area contributed by atoms with Gasteiger partial charge in [-0.15, -0.1) is 10.2 Å². The lowest BCUT2D eigenvalue weighted by molar-refractivity contribution is -0.125. The molecule has 1 N–H and O–H groups in total. The lowest BCUT2D eigenvalue weighted by atomic mass is 10.0. The van der Waals surface area contributed by atoms with Crippen molar-refractivity contribution in [1.82, 2.24) is 20.1 Å². The fourth-order valence-corrected chi connectivity index (χ4v) is 2.47. The number of benzene rings is 1. The van der Waals surface area contributed by atoms with Gasteiger partial charge in [0.15, 0.2) is 5.82 Å². The summed E-state index contributed by atoms with van der Waals surface area (Å²) in [4.78, 5) is 12.4. The molecule has 0 saturated heterocycles. The number of hydrogen-bond acceptors (Lipinski definition) is 3. The average Bonchev–Trinajstić information content (AvgIpc) is 2.85. The van der Waals surface area contributed by atoms with Crippen molar-refractivity contribution in [2.45, 2.75) is 39.7 Å². The zero-order valence-electron chi connectivity index (χ0n) is 13.7. The summed E-state index contributed by atoms with van der Waals surface area (Å²) in [6.45, 7) is 5.95. The summed E-state index contributed by atoms with van der Waals surface area (Å²) >= 11 is 0. The van der Waals surface area contributed by atoms with Crippen LogP contribution in [0.5, 0.6) is 0 Å². The minimum atomic E-state index is -0.279. The summed E-state index contributed by atoms with van der Waals surface area (Å²) in [5.74, 6) is 1.62. The van der Waals surface area contributed by atoms with Gasteiger partial charge in [0.05, 0.1) is 0 Å². The molecule has 118 valence electrons. The van der Waals surface area contributed by atoms with Crippen molar-refractivity contribution in [2.75, 3.05) is 0 Å². The summed E-state index contributed by atoms with van der Waals surface area (Å²) in [6, 6.07) is 9.61. The zero-order valence-corrected chi connectivity index (χ0v) is 13.7. The molecule has 1 aromatic heterocycles. The van der Waals surface area contributed by atoms with E-state index in [4.69, 9.17) is 0 Å². The number of amides is 1. The van der Waals surface area contributed by atoms with Crippen LogP contribution in [0.4, 0.5) is 0 Å². The molecule has 0 aliphatic carbocycles. The maximum atomic E-state index is 12.4. The molecule has 2 rings (SSSR count). The second-order valence-electron chi connectivity index (χ2n) is 5.71. The summed E-state index contributed by atoms with van der Waals surface area (Å²) < 4.78 is 1.92. The largest absolute Gasteiger partial charge is 0.342 e. The maximum Gasteiger partial charge on any atom is 0.223 e. The fourth-order valence-electron chi connectivity index (χ4n) is 2.47. The second-order valence-corrected chi connectivity index (χ2v) is 5.71. The molecule has 2 aromatic rings. The topological polar surface area (TPSA) is 59.8 Å². The van der Waals surface area contributed by atoms with Gasteiger partial charge in [-0.05, 0) is 18.9 Å². The first-order chi connectivity index (χ1) is 10.5. The van der Waals surface area contributed by atoms with E-state index in [1.54, 1.807) is 0 Å². The molecule has 0 spiro atoms. The number of rotatable bonds is 6. The van der Waals surface area contributed by atoms with E-state index in [0.717, 1.165) is 30.1 Å². The van der Waals surface area contributed by atoms with Gasteiger partial charge < -0.3 is 9.88 Å². The molecule has 0 aliphatic heterocycles. The molecule has 1 heterocycles. The number of carbonyl (C=O) groups is 1. The van der Waals surface area contributed by atoms with Gasteiger partial charge in [0.2, 0.25) is 5.91 Å². The van der Waals surface area contributed by atoms with Crippen molar-refractivity contribution in [3.63, 3.8) is 0 Å². The maximum absolute atomic E-state index is 12.4. The third kappa shape index (κ3) is 3.53. The molecular weight excluding hydrogens is 276 g/mol. The van der Waals surface area contributed by atoms with Crippen LogP contribution in [0.25, 0.3) is 0 Å². The van der Waals surface area contributed by atoms with Crippen LogP contribution in [0, 0.1) is 12.8 Å². The first-order valence-electron chi connectivity index (χ1n) is 7.75. The molecule has 0 aliphatic rings. The highest BCUT2D eigenvalue weighted by Gasteiger charge is 2.24. The molecule has 0 bridgehead atoms. The van der Waals surface area contributed by atoms with E-state index >= 15 is 0 Å². The van der Waals surface area contributed by atoms with E-state index in [1.807, 2.05) is 55.8 Å². The molecule has 22 heavy (non-hydrogen) atoms. The predicted octanol–water partition coefficient (Wildman–Crippen LogP) is 2.77. The lowest BCUT2D eigenvalue weighted by Crippen LogP contribution is -2.34. The van der Waals surface area contributed by atoms with E-state index in [-0.39, 0.29) is 17.9 Å². The van der Waals surface area contributed by atoms with Crippen LogP contribution < -0.4 is 5.32 Å². The normalized spacial score (nSPS) is 13.6. The van der Waals surface area contributed by atoms with E-state index in [2.05, 4.69) is 22.4 Å². The third-order valence-electron chi connectivity index (χ3n) is 3.97. The predicted molar refractivity (Wildman–Crippen MR) is 86.2 cm³/mol. The van der Waals surface area contributed by atoms with Crippen LogP contribution in [0.2, 0.25) is 0 Å². The molecule has 2 atom stereocenters. The first-order valence-corrected chi connectivity index (χ1v) is 7.75. The first kappa shape index (κ1) is 16.2. The van der Waals surface area contributed by atoms with Crippen LogP contribution in [0.15, 0.2) is 30.3 Å². The second kappa shape index (κ2) is 7.20. The number of aromatic nitrogens is 3. The molecular formula is C17H24N4O. The highest BCUT2D eigenvalue weighted by Crippen LogP contribution is 2.21. The molecule has 0 saturated carbocycles. The Kier molecular flexibility index (Phi) is 5.31. The van der Waals surface area contributed by atoms with E-state index < -0.39 is 0 Å². The minimum Gasteiger partial charge on any atom is -0.342 e. The van der Waals surface area contributed by atoms with Crippen molar-refractivity contribution in [3.8, 4) is 0 Å². The monoisotopic (exact) mass is 300 g/mol. The minimum absolute atomic E-state index is 0.00876. The van der Waals surface area contributed by atoms with Gasteiger partial charge in [0.25, 0.3) is 0 Å². The fraction of sp³-hybridized carbons (Fsp3) is 0.471. The van der Waals surface area contributed by atoms with Gasteiger partial charge >= 0.3 is 0 Å². The molecule has 0 radical (unpaired) electrons. The number of nitrogens with zero attached hydrogens (tertiary/aromatic N) is 3. The standard InChI is InChI=1S/C17H24N4O/c1-5-9-12(2)17(22)18-15(14-10-7-6-8-11-14)16-20-19-13(3)21(16)4/h6-8,10-12,15H,5,9H2,1-4H3,(H,18,22)/t12-,15+/m1/s1. The number of nitrogens with one attached hydrogen (secondary N) is 1. The van der Waals surface area contributed by atoms with E-state index in [1.165, 1.54) is 0 Å². The van der Waals surface area contributed by atoms with E-state index in [9.17, 15) is 4.79 Å². The smallest absolute Gasteiger partial charge is 0.223 e. The number of aryl methyl sites for hydroxylation is 1.